The van der Waals surface area contributed by atoms with Gasteiger partial charge in [-0.3, -0.25) is 9.59 Å². The Kier molecular flexibility index (Phi) is 7.99. The van der Waals surface area contributed by atoms with E-state index in [1.54, 1.807) is 0 Å². The molecule has 6 nitrogen and oxygen atoms in total. The van der Waals surface area contributed by atoms with Crippen LogP contribution >= 0.6 is 0 Å². The minimum Gasteiger partial charge on any atom is -0.481 e. The lowest BCUT2D eigenvalue weighted by Gasteiger charge is -2.34. The fraction of sp³-hybridized carbons (Fsp3) is 0.417. The Balaban J connectivity index is 1.51. The van der Waals surface area contributed by atoms with Crippen molar-refractivity contribution in [1.29, 1.82) is 0 Å². The minimum absolute atomic E-state index is 0.101. The number of likely N-dealkylation sites (tertiary alicyclic amines) is 1. The molecule has 2 aromatic carbocycles. The number of aliphatic carboxylic acids is 2. The Morgan fingerprint density at radius 1 is 0.900 bits per heavy atom. The third-order valence-electron chi connectivity index (χ3n) is 5.63. The summed E-state index contributed by atoms with van der Waals surface area (Å²) in [5.74, 6) is -3.84. The van der Waals surface area contributed by atoms with Crippen molar-refractivity contribution in [2.24, 2.45) is 5.92 Å². The highest BCUT2D eigenvalue weighted by Crippen LogP contribution is 2.30. The van der Waals surface area contributed by atoms with Gasteiger partial charge in [0.2, 0.25) is 0 Å². The van der Waals surface area contributed by atoms with E-state index in [0.29, 0.717) is 13.0 Å². The van der Waals surface area contributed by atoms with Crippen LogP contribution in [-0.4, -0.2) is 52.8 Å². The second-order valence-corrected chi connectivity index (χ2v) is 7.75. The molecule has 1 aliphatic heterocycles. The van der Waals surface area contributed by atoms with E-state index in [-0.39, 0.29) is 18.6 Å². The predicted octanol–water partition coefficient (Wildman–Crippen LogP) is 3.82. The number of hydrogen-bond donors (Lipinski definition) is 2. The first-order valence-electron chi connectivity index (χ1n) is 10.5. The van der Waals surface area contributed by atoms with Crippen molar-refractivity contribution in [3.8, 4) is 0 Å². The molecule has 0 saturated carbocycles. The second kappa shape index (κ2) is 10.9. The van der Waals surface area contributed by atoms with E-state index in [0.717, 1.165) is 37.1 Å². The van der Waals surface area contributed by atoms with Crippen molar-refractivity contribution in [3.63, 3.8) is 0 Å². The molecule has 0 spiro atoms. The summed E-state index contributed by atoms with van der Waals surface area (Å²) in [6.07, 6.45) is 2.57. The maximum absolute atomic E-state index is 11.0. The van der Waals surface area contributed by atoms with Crippen molar-refractivity contribution < 1.29 is 24.5 Å². The highest BCUT2D eigenvalue weighted by molar-refractivity contribution is 5.92. The van der Waals surface area contributed by atoms with Gasteiger partial charge in [-0.25, -0.2) is 0 Å². The molecule has 3 rings (SSSR count). The number of hydrogen-bond acceptors (Lipinski definition) is 4. The molecule has 1 fully saturated rings. The van der Waals surface area contributed by atoms with Crippen molar-refractivity contribution in [1.82, 2.24) is 4.90 Å². The highest BCUT2D eigenvalue weighted by atomic mass is 16.5. The molecular weight excluding hydrogens is 382 g/mol. The van der Waals surface area contributed by atoms with Crippen LogP contribution in [0.2, 0.25) is 0 Å². The molecule has 2 aromatic rings. The third-order valence-corrected chi connectivity index (χ3v) is 5.63. The fourth-order valence-corrected chi connectivity index (χ4v) is 3.94. The van der Waals surface area contributed by atoms with Crippen molar-refractivity contribution >= 4 is 11.9 Å². The summed E-state index contributed by atoms with van der Waals surface area (Å²) in [6.45, 7) is 2.45. The lowest BCUT2D eigenvalue weighted by atomic mass is 9.99. The number of benzene rings is 2. The molecular formula is C24H29NO5. The van der Waals surface area contributed by atoms with Gasteiger partial charge in [0.1, 0.15) is 6.10 Å². The standard InChI is InChI=1S/C24H29NO5/c26-23(27)21(24(28)29)12-7-15-25-16-13-20(14-17-25)30-22(18-8-3-1-4-9-18)19-10-5-2-6-11-19/h1-6,8-11,20-22H,7,12-17H2,(H,26,27)(H,28,29). The average Bonchev–Trinajstić information content (AvgIpc) is 2.76. The molecule has 1 heterocycles. The second-order valence-electron chi connectivity index (χ2n) is 7.75. The summed E-state index contributed by atoms with van der Waals surface area (Å²) in [6, 6.07) is 20.5. The Labute approximate surface area is 177 Å². The van der Waals surface area contributed by atoms with Gasteiger partial charge in [-0.15, -0.1) is 0 Å². The van der Waals surface area contributed by atoms with E-state index in [1.165, 1.54) is 0 Å². The smallest absolute Gasteiger partial charge is 0.317 e. The number of ether oxygens (including phenoxy) is 1. The Hall–Kier alpha value is -2.70. The SMILES string of the molecule is O=C(O)C(CCCN1CCC(OC(c2ccccc2)c2ccccc2)CC1)C(=O)O. The molecule has 1 saturated heterocycles. The van der Waals surface area contributed by atoms with Crippen molar-refractivity contribution in [3.05, 3.63) is 71.8 Å². The number of rotatable bonds is 10. The summed E-state index contributed by atoms with van der Waals surface area (Å²) in [5.41, 5.74) is 2.28. The Bertz CT molecular complexity index is 749. The van der Waals surface area contributed by atoms with E-state index in [1.807, 2.05) is 36.4 Å². The third kappa shape index (κ3) is 6.15. The number of piperidine rings is 1. The largest absolute Gasteiger partial charge is 0.481 e. The van der Waals surface area contributed by atoms with Gasteiger partial charge in [0.15, 0.2) is 5.92 Å². The molecule has 160 valence electrons. The molecule has 0 radical (unpaired) electrons. The normalized spacial score (nSPS) is 15.5. The van der Waals surface area contributed by atoms with E-state index in [4.69, 9.17) is 14.9 Å². The van der Waals surface area contributed by atoms with Crippen LogP contribution in [-0.2, 0) is 14.3 Å². The zero-order chi connectivity index (χ0) is 21.3. The zero-order valence-corrected chi connectivity index (χ0v) is 17.0. The zero-order valence-electron chi connectivity index (χ0n) is 17.0. The van der Waals surface area contributed by atoms with Crippen LogP contribution in [0.3, 0.4) is 0 Å². The first kappa shape index (κ1) is 22.0. The summed E-state index contributed by atoms with van der Waals surface area (Å²) in [7, 11) is 0. The Morgan fingerprint density at radius 2 is 1.40 bits per heavy atom. The maximum Gasteiger partial charge on any atom is 0.317 e. The van der Waals surface area contributed by atoms with Gasteiger partial charge in [-0.1, -0.05) is 60.7 Å². The van der Waals surface area contributed by atoms with Crippen LogP contribution in [0.5, 0.6) is 0 Å². The topological polar surface area (TPSA) is 87.1 Å². The van der Waals surface area contributed by atoms with Crippen LogP contribution in [0.4, 0.5) is 0 Å². The molecule has 30 heavy (non-hydrogen) atoms. The van der Waals surface area contributed by atoms with Crippen LogP contribution in [0.25, 0.3) is 0 Å². The van der Waals surface area contributed by atoms with Crippen LogP contribution < -0.4 is 0 Å². The predicted molar refractivity (Wildman–Crippen MR) is 113 cm³/mol. The molecule has 0 aromatic heterocycles. The summed E-state index contributed by atoms with van der Waals surface area (Å²) in [4.78, 5) is 24.2. The molecule has 0 bridgehead atoms. The van der Waals surface area contributed by atoms with Gasteiger partial charge in [-0.05, 0) is 43.4 Å². The lowest BCUT2D eigenvalue weighted by molar-refractivity contribution is -0.154. The van der Waals surface area contributed by atoms with Gasteiger partial charge < -0.3 is 19.8 Å². The molecule has 1 aliphatic rings. The quantitative estimate of drug-likeness (QED) is 0.578. The van der Waals surface area contributed by atoms with E-state index < -0.39 is 17.9 Å². The van der Waals surface area contributed by atoms with Crippen LogP contribution in [0.15, 0.2) is 60.7 Å². The van der Waals surface area contributed by atoms with Gasteiger partial charge in [-0.2, -0.15) is 0 Å². The number of carbonyl (C=O) groups is 2. The molecule has 0 atom stereocenters. The van der Waals surface area contributed by atoms with Crippen LogP contribution in [0.1, 0.15) is 42.9 Å². The van der Waals surface area contributed by atoms with Crippen molar-refractivity contribution in [2.75, 3.05) is 19.6 Å². The van der Waals surface area contributed by atoms with Crippen molar-refractivity contribution in [2.45, 2.75) is 37.9 Å². The monoisotopic (exact) mass is 411 g/mol. The van der Waals surface area contributed by atoms with Gasteiger partial charge in [0.25, 0.3) is 0 Å². The first-order valence-corrected chi connectivity index (χ1v) is 10.5. The molecule has 2 N–H and O–H groups in total. The lowest BCUT2D eigenvalue weighted by Crippen LogP contribution is -2.38. The summed E-state index contributed by atoms with van der Waals surface area (Å²) < 4.78 is 6.54. The van der Waals surface area contributed by atoms with Crippen LogP contribution in [0, 0.1) is 5.92 Å². The molecule has 0 unspecified atom stereocenters. The maximum atomic E-state index is 11.0. The summed E-state index contributed by atoms with van der Waals surface area (Å²) >= 11 is 0. The van der Waals surface area contributed by atoms with E-state index in [2.05, 4.69) is 29.2 Å². The molecule has 6 heteroatoms. The van der Waals surface area contributed by atoms with Gasteiger partial charge in [0, 0.05) is 13.1 Å². The average molecular weight is 411 g/mol. The number of nitrogens with zero attached hydrogens (tertiary/aromatic N) is 1. The molecule has 0 amide bonds. The van der Waals surface area contributed by atoms with Gasteiger partial charge in [0.05, 0.1) is 6.10 Å². The highest BCUT2D eigenvalue weighted by Gasteiger charge is 2.27. The molecule has 0 aliphatic carbocycles. The van der Waals surface area contributed by atoms with E-state index in [9.17, 15) is 9.59 Å². The fourth-order valence-electron chi connectivity index (χ4n) is 3.94. The summed E-state index contributed by atoms with van der Waals surface area (Å²) in [5, 5.41) is 18.0. The Morgan fingerprint density at radius 3 is 1.87 bits per heavy atom. The number of carboxylic acids is 2. The van der Waals surface area contributed by atoms with Gasteiger partial charge >= 0.3 is 11.9 Å². The first-order chi connectivity index (χ1) is 14.5. The minimum atomic E-state index is -1.32. The van der Waals surface area contributed by atoms with E-state index >= 15 is 0 Å². The number of carboxylic acid groups (broad SMARTS) is 2.